The molecule has 1 aromatic rings. The molecule has 0 saturated carbocycles. The number of carbonyl (C=O) groups excluding carboxylic acids is 1. The molecule has 1 amide bonds. The fraction of sp³-hybridized carbons (Fsp3) is 0.611. The van der Waals surface area contributed by atoms with Crippen molar-refractivity contribution in [2.24, 2.45) is 0 Å². The third kappa shape index (κ3) is 5.85. The van der Waals surface area contributed by atoms with Gasteiger partial charge in [0.15, 0.2) is 0 Å². The minimum Gasteiger partial charge on any atom is -0.444 e. The fourth-order valence-corrected chi connectivity index (χ4v) is 2.67. The maximum absolute atomic E-state index is 13.9. The van der Waals surface area contributed by atoms with Crippen molar-refractivity contribution in [2.45, 2.75) is 26.4 Å². The van der Waals surface area contributed by atoms with E-state index in [1.165, 1.54) is 12.1 Å². The van der Waals surface area contributed by atoms with Gasteiger partial charge in [-0.1, -0.05) is 0 Å². The van der Waals surface area contributed by atoms with Crippen LogP contribution in [0.2, 0.25) is 0 Å². The Bertz CT molecular complexity index is 596. The molecule has 1 aromatic carbocycles. The molecule has 1 heterocycles. The van der Waals surface area contributed by atoms with Gasteiger partial charge in [-0.25, -0.2) is 13.6 Å². The summed E-state index contributed by atoms with van der Waals surface area (Å²) in [6, 6.07) is 3.68. The maximum Gasteiger partial charge on any atom is 0.410 e. The van der Waals surface area contributed by atoms with E-state index in [1.54, 1.807) is 11.9 Å². The first-order chi connectivity index (χ1) is 11.7. The highest BCUT2D eigenvalue weighted by atomic mass is 19.1. The molecule has 0 aromatic heterocycles. The van der Waals surface area contributed by atoms with Crippen molar-refractivity contribution in [1.29, 1.82) is 0 Å². The highest BCUT2D eigenvalue weighted by Gasteiger charge is 2.22. The Balaban J connectivity index is 1.78. The van der Waals surface area contributed by atoms with E-state index in [4.69, 9.17) is 4.74 Å². The van der Waals surface area contributed by atoms with E-state index in [0.717, 1.165) is 25.7 Å². The molecule has 140 valence electrons. The Kier molecular flexibility index (Phi) is 6.21. The second kappa shape index (κ2) is 7.99. The third-order valence-corrected chi connectivity index (χ3v) is 4.08. The summed E-state index contributed by atoms with van der Waals surface area (Å²) in [6.07, 6.45) is -0.334. The van der Waals surface area contributed by atoms with Gasteiger partial charge >= 0.3 is 6.09 Å². The molecule has 1 aliphatic rings. The number of hydrogen-bond donors (Lipinski definition) is 0. The fourth-order valence-electron chi connectivity index (χ4n) is 2.67. The summed E-state index contributed by atoms with van der Waals surface area (Å²) in [4.78, 5) is 17.6. The van der Waals surface area contributed by atoms with Gasteiger partial charge in [0.1, 0.15) is 17.2 Å². The number of carbonyl (C=O) groups is 1. The van der Waals surface area contributed by atoms with Gasteiger partial charge in [0.2, 0.25) is 0 Å². The summed E-state index contributed by atoms with van der Waals surface area (Å²) in [7, 11) is 1.72. The summed E-state index contributed by atoms with van der Waals surface area (Å²) in [5, 5.41) is 0. The molecule has 5 nitrogen and oxygen atoms in total. The number of likely N-dealkylation sites (N-methyl/N-ethyl adjacent to an activating group) is 1. The number of nitrogens with zero attached hydrogens (tertiary/aromatic N) is 3. The smallest absolute Gasteiger partial charge is 0.410 e. The Morgan fingerprint density at radius 1 is 1.20 bits per heavy atom. The number of piperazine rings is 1. The zero-order valence-electron chi connectivity index (χ0n) is 15.4. The number of halogens is 2. The van der Waals surface area contributed by atoms with Crippen LogP contribution in [0.15, 0.2) is 18.2 Å². The molecule has 0 aliphatic carbocycles. The molecule has 7 heteroatoms. The van der Waals surface area contributed by atoms with Gasteiger partial charge in [-0.3, -0.25) is 4.90 Å². The highest BCUT2D eigenvalue weighted by Crippen LogP contribution is 2.21. The van der Waals surface area contributed by atoms with Crippen molar-refractivity contribution in [2.75, 3.05) is 51.2 Å². The summed E-state index contributed by atoms with van der Waals surface area (Å²) in [5.74, 6) is -1.09. The highest BCUT2D eigenvalue weighted by molar-refractivity contribution is 5.67. The molecule has 1 aliphatic heterocycles. The van der Waals surface area contributed by atoms with E-state index < -0.39 is 17.2 Å². The predicted molar refractivity (Wildman–Crippen MR) is 93.9 cm³/mol. The van der Waals surface area contributed by atoms with Crippen LogP contribution < -0.4 is 4.90 Å². The van der Waals surface area contributed by atoms with Crippen LogP contribution in [0.5, 0.6) is 0 Å². The number of benzene rings is 1. The van der Waals surface area contributed by atoms with E-state index in [0.29, 0.717) is 25.3 Å². The minimum absolute atomic E-state index is 0.334. The van der Waals surface area contributed by atoms with Gasteiger partial charge in [0.25, 0.3) is 0 Å². The average Bonchev–Trinajstić information content (AvgIpc) is 2.51. The molecule has 1 fully saturated rings. The lowest BCUT2D eigenvalue weighted by Gasteiger charge is -2.36. The van der Waals surface area contributed by atoms with Crippen molar-refractivity contribution in [1.82, 2.24) is 9.80 Å². The Morgan fingerprint density at radius 2 is 1.84 bits per heavy atom. The largest absolute Gasteiger partial charge is 0.444 e. The number of amides is 1. The normalized spacial score (nSPS) is 16.0. The van der Waals surface area contributed by atoms with Crippen LogP contribution in [-0.4, -0.2) is 67.8 Å². The van der Waals surface area contributed by atoms with Crippen LogP contribution in [0.1, 0.15) is 20.8 Å². The van der Waals surface area contributed by atoms with Crippen LogP contribution in [-0.2, 0) is 4.74 Å². The third-order valence-electron chi connectivity index (χ3n) is 4.08. The summed E-state index contributed by atoms with van der Waals surface area (Å²) in [6.45, 7) is 9.68. The van der Waals surface area contributed by atoms with E-state index >= 15 is 0 Å². The standard InChI is InChI=1S/C18H27F2N3O2/c1-18(2,3)25-17(24)21(4)7-8-22-9-11-23(12-10-22)16-6-5-14(19)13-15(16)20/h5-6,13H,7-12H2,1-4H3. The molecule has 0 atom stereocenters. The molecule has 1 saturated heterocycles. The van der Waals surface area contributed by atoms with Gasteiger partial charge < -0.3 is 14.5 Å². The number of ether oxygens (including phenoxy) is 1. The van der Waals surface area contributed by atoms with Gasteiger partial charge in [-0.2, -0.15) is 0 Å². The maximum atomic E-state index is 13.9. The van der Waals surface area contributed by atoms with Crippen molar-refractivity contribution < 1.29 is 18.3 Å². The molecular formula is C18H27F2N3O2. The van der Waals surface area contributed by atoms with Gasteiger partial charge in [0, 0.05) is 52.4 Å². The lowest BCUT2D eigenvalue weighted by molar-refractivity contribution is 0.0282. The van der Waals surface area contributed by atoms with Crippen molar-refractivity contribution in [3.05, 3.63) is 29.8 Å². The predicted octanol–water partition coefficient (Wildman–Crippen LogP) is 2.95. The van der Waals surface area contributed by atoms with Crippen molar-refractivity contribution >= 4 is 11.8 Å². The van der Waals surface area contributed by atoms with Crippen LogP contribution in [0.25, 0.3) is 0 Å². The molecule has 0 unspecified atom stereocenters. The Morgan fingerprint density at radius 3 is 2.40 bits per heavy atom. The molecule has 2 rings (SSSR count). The van der Waals surface area contributed by atoms with Gasteiger partial charge in [-0.15, -0.1) is 0 Å². The van der Waals surface area contributed by atoms with E-state index in [-0.39, 0.29) is 6.09 Å². The van der Waals surface area contributed by atoms with Crippen LogP contribution in [0.3, 0.4) is 0 Å². The first-order valence-electron chi connectivity index (χ1n) is 8.52. The molecule has 0 bridgehead atoms. The second-order valence-corrected chi connectivity index (χ2v) is 7.33. The molecule has 25 heavy (non-hydrogen) atoms. The van der Waals surface area contributed by atoms with Gasteiger partial charge in [0.05, 0.1) is 5.69 Å². The zero-order valence-corrected chi connectivity index (χ0v) is 15.4. The van der Waals surface area contributed by atoms with Crippen LogP contribution >= 0.6 is 0 Å². The molecule has 0 N–H and O–H groups in total. The SMILES string of the molecule is CN(CCN1CCN(c2ccc(F)cc2F)CC1)C(=O)OC(C)(C)C. The number of rotatable bonds is 4. The Hall–Kier alpha value is -1.89. The van der Waals surface area contributed by atoms with E-state index in [1.807, 2.05) is 25.7 Å². The van der Waals surface area contributed by atoms with Crippen molar-refractivity contribution in [3.8, 4) is 0 Å². The monoisotopic (exact) mass is 355 g/mol. The second-order valence-electron chi connectivity index (χ2n) is 7.33. The summed E-state index contributed by atoms with van der Waals surface area (Å²) >= 11 is 0. The average molecular weight is 355 g/mol. The number of anilines is 1. The van der Waals surface area contributed by atoms with E-state index in [9.17, 15) is 13.6 Å². The molecular weight excluding hydrogens is 328 g/mol. The minimum atomic E-state index is -0.565. The van der Waals surface area contributed by atoms with Crippen molar-refractivity contribution in [3.63, 3.8) is 0 Å². The van der Waals surface area contributed by atoms with E-state index in [2.05, 4.69) is 4.90 Å². The quantitative estimate of drug-likeness (QED) is 0.832. The topological polar surface area (TPSA) is 36.0 Å². The van der Waals surface area contributed by atoms with Gasteiger partial charge in [-0.05, 0) is 32.9 Å². The molecule has 0 spiro atoms. The van der Waals surface area contributed by atoms with Crippen LogP contribution in [0, 0.1) is 11.6 Å². The van der Waals surface area contributed by atoms with Crippen LogP contribution in [0.4, 0.5) is 19.3 Å². The lowest BCUT2D eigenvalue weighted by Crippen LogP contribution is -2.49. The molecule has 0 radical (unpaired) electrons. The first kappa shape index (κ1) is 19.4. The Labute approximate surface area is 148 Å². The summed E-state index contributed by atoms with van der Waals surface area (Å²) < 4.78 is 32.2. The lowest BCUT2D eigenvalue weighted by atomic mass is 10.2. The zero-order chi connectivity index (χ0) is 18.6. The first-order valence-corrected chi connectivity index (χ1v) is 8.52. The summed E-state index contributed by atoms with van der Waals surface area (Å²) in [5.41, 5.74) is -0.0668. The number of hydrogen-bond acceptors (Lipinski definition) is 4.